The van der Waals surface area contributed by atoms with E-state index in [4.69, 9.17) is 0 Å². The van der Waals surface area contributed by atoms with Crippen LogP contribution < -0.4 is 15.5 Å². The van der Waals surface area contributed by atoms with Gasteiger partial charge in [0.2, 0.25) is 5.91 Å². The smallest absolute Gasteiger partial charge is 0.270 e. The number of alkyl halides is 3. The number of rotatable bonds is 11. The maximum absolute atomic E-state index is 14.6. The minimum absolute atomic E-state index is 0.0345. The molecule has 1 aliphatic heterocycles. The Hall–Kier alpha value is -4.63. The molecule has 0 aliphatic carbocycles. The summed E-state index contributed by atoms with van der Waals surface area (Å²) in [7, 11) is 0. The van der Waals surface area contributed by atoms with Gasteiger partial charge < -0.3 is 15.5 Å². The Morgan fingerprint density at radius 3 is 2.08 bits per heavy atom. The first-order valence-corrected chi connectivity index (χ1v) is 16.4. The number of benzene rings is 4. The standard InChI is InChI=1S/C39H43F3N4O2/c1-5-38(3,40)26-43-37(48)35(29-9-7-6-8-10-29)46-23-21-45(22-24-46)32-18-16-31(17-19-32)44-36(47)34-25-27(2)11-20-33(34)28-12-14-30(15-13-28)39(4,41)42/h6-20,25,35H,5,21-24,26H2,1-4H3,(H,43,48)(H,44,47). The quantitative estimate of drug-likeness (QED) is 0.171. The van der Waals surface area contributed by atoms with Crippen LogP contribution in [-0.2, 0) is 10.7 Å². The Labute approximate surface area is 281 Å². The second-order valence-corrected chi connectivity index (χ2v) is 12.8. The highest BCUT2D eigenvalue weighted by molar-refractivity contribution is 6.09. The second kappa shape index (κ2) is 14.6. The first kappa shape index (κ1) is 34.7. The number of nitrogens with one attached hydrogen (secondary N) is 2. The third kappa shape index (κ3) is 8.44. The lowest BCUT2D eigenvalue weighted by atomic mass is 9.95. The van der Waals surface area contributed by atoms with Crippen molar-refractivity contribution in [2.45, 2.75) is 51.7 Å². The second-order valence-electron chi connectivity index (χ2n) is 12.8. The van der Waals surface area contributed by atoms with Crippen molar-refractivity contribution in [2.24, 2.45) is 0 Å². The van der Waals surface area contributed by atoms with Crippen molar-refractivity contribution in [3.05, 3.63) is 119 Å². The molecule has 0 spiro atoms. The molecule has 1 saturated heterocycles. The first-order valence-electron chi connectivity index (χ1n) is 16.4. The largest absolute Gasteiger partial charge is 0.369 e. The van der Waals surface area contributed by atoms with Crippen LogP contribution in [0.3, 0.4) is 0 Å². The summed E-state index contributed by atoms with van der Waals surface area (Å²) in [4.78, 5) is 31.2. The Bertz CT molecular complexity index is 1700. The van der Waals surface area contributed by atoms with Crippen LogP contribution in [0.5, 0.6) is 0 Å². The Morgan fingerprint density at radius 1 is 0.833 bits per heavy atom. The number of amides is 2. The SMILES string of the molecule is CCC(C)(F)CNC(=O)C(c1ccccc1)N1CCN(c2ccc(NC(=O)c3cc(C)ccc3-c3ccc(C(C)(F)F)cc3)cc2)CC1. The van der Waals surface area contributed by atoms with Gasteiger partial charge in [-0.2, -0.15) is 0 Å². The van der Waals surface area contributed by atoms with Crippen molar-refractivity contribution in [3.63, 3.8) is 0 Å². The highest BCUT2D eigenvalue weighted by Crippen LogP contribution is 2.32. The lowest BCUT2D eigenvalue weighted by molar-refractivity contribution is -0.127. The summed E-state index contributed by atoms with van der Waals surface area (Å²) in [6.45, 7) is 8.64. The number of anilines is 2. The number of carbonyl (C=O) groups is 2. The van der Waals surface area contributed by atoms with E-state index >= 15 is 0 Å². The molecule has 2 N–H and O–H groups in total. The van der Waals surface area contributed by atoms with E-state index in [1.165, 1.54) is 19.1 Å². The molecule has 2 amide bonds. The summed E-state index contributed by atoms with van der Waals surface area (Å²) in [5.41, 5.74) is 3.64. The van der Waals surface area contributed by atoms with E-state index in [0.717, 1.165) is 23.7 Å². The number of carbonyl (C=O) groups excluding carboxylic acids is 2. The van der Waals surface area contributed by atoms with Crippen molar-refractivity contribution < 1.29 is 22.8 Å². The predicted molar refractivity (Wildman–Crippen MR) is 186 cm³/mol. The molecule has 252 valence electrons. The van der Waals surface area contributed by atoms with Crippen LogP contribution >= 0.6 is 0 Å². The molecule has 1 heterocycles. The van der Waals surface area contributed by atoms with E-state index < -0.39 is 17.6 Å². The predicted octanol–water partition coefficient (Wildman–Crippen LogP) is 8.14. The van der Waals surface area contributed by atoms with Crippen LogP contribution in [-0.4, -0.2) is 55.1 Å². The van der Waals surface area contributed by atoms with E-state index in [1.807, 2.05) is 73.7 Å². The van der Waals surface area contributed by atoms with Crippen molar-refractivity contribution in [2.75, 3.05) is 42.9 Å². The van der Waals surface area contributed by atoms with Gasteiger partial charge in [-0.25, -0.2) is 13.2 Å². The third-order valence-corrected chi connectivity index (χ3v) is 9.02. The van der Waals surface area contributed by atoms with Crippen molar-refractivity contribution in [1.29, 1.82) is 0 Å². The van der Waals surface area contributed by atoms with Gasteiger partial charge in [-0.05, 0) is 67.3 Å². The topological polar surface area (TPSA) is 64.7 Å². The molecule has 0 aromatic heterocycles. The number of aryl methyl sites for hydroxylation is 1. The van der Waals surface area contributed by atoms with Crippen LogP contribution in [0, 0.1) is 6.92 Å². The molecule has 2 atom stereocenters. The number of hydrogen-bond acceptors (Lipinski definition) is 4. The normalized spacial score (nSPS) is 15.8. The molecule has 2 unspecified atom stereocenters. The maximum Gasteiger partial charge on any atom is 0.270 e. The average Bonchev–Trinajstić information content (AvgIpc) is 3.08. The fourth-order valence-corrected chi connectivity index (χ4v) is 5.89. The van der Waals surface area contributed by atoms with E-state index in [9.17, 15) is 22.8 Å². The Balaban J connectivity index is 1.24. The van der Waals surface area contributed by atoms with Gasteiger partial charge in [-0.1, -0.05) is 79.2 Å². The Morgan fingerprint density at radius 2 is 1.48 bits per heavy atom. The van der Waals surface area contributed by atoms with Crippen LogP contribution in [0.25, 0.3) is 11.1 Å². The molecule has 1 aliphatic rings. The lowest BCUT2D eigenvalue weighted by Crippen LogP contribution is -2.52. The van der Waals surface area contributed by atoms with Crippen LogP contribution in [0.1, 0.15) is 60.3 Å². The lowest BCUT2D eigenvalue weighted by Gasteiger charge is -2.40. The summed E-state index contributed by atoms with van der Waals surface area (Å²) in [5, 5.41) is 5.82. The van der Waals surface area contributed by atoms with E-state index in [0.29, 0.717) is 55.0 Å². The maximum atomic E-state index is 14.6. The molecule has 0 radical (unpaired) electrons. The van der Waals surface area contributed by atoms with Crippen molar-refractivity contribution in [3.8, 4) is 11.1 Å². The molecular formula is C39H43F3N4O2. The highest BCUT2D eigenvalue weighted by Gasteiger charge is 2.32. The summed E-state index contributed by atoms with van der Waals surface area (Å²) in [6.07, 6.45) is 0.316. The number of hydrogen-bond donors (Lipinski definition) is 2. The molecule has 0 bridgehead atoms. The fraction of sp³-hybridized carbons (Fsp3) is 0.333. The van der Waals surface area contributed by atoms with Gasteiger partial charge >= 0.3 is 0 Å². The molecule has 48 heavy (non-hydrogen) atoms. The van der Waals surface area contributed by atoms with Crippen LogP contribution in [0.4, 0.5) is 24.5 Å². The monoisotopic (exact) mass is 656 g/mol. The zero-order valence-electron chi connectivity index (χ0n) is 27.9. The van der Waals surface area contributed by atoms with Gasteiger partial charge in [0.25, 0.3) is 11.8 Å². The summed E-state index contributed by atoms with van der Waals surface area (Å²) < 4.78 is 42.1. The molecule has 0 saturated carbocycles. The van der Waals surface area contributed by atoms with E-state index in [1.54, 1.807) is 25.1 Å². The van der Waals surface area contributed by atoms with Crippen molar-refractivity contribution in [1.82, 2.24) is 10.2 Å². The minimum Gasteiger partial charge on any atom is -0.369 e. The fourth-order valence-electron chi connectivity index (χ4n) is 5.89. The Kier molecular flexibility index (Phi) is 10.6. The summed E-state index contributed by atoms with van der Waals surface area (Å²) >= 11 is 0. The number of piperazine rings is 1. The molecule has 4 aromatic carbocycles. The molecule has 4 aromatic rings. The highest BCUT2D eigenvalue weighted by atomic mass is 19.3. The molecule has 1 fully saturated rings. The molecule has 9 heteroatoms. The molecular weight excluding hydrogens is 613 g/mol. The van der Waals surface area contributed by atoms with Crippen LogP contribution in [0.2, 0.25) is 0 Å². The number of nitrogens with zero attached hydrogens (tertiary/aromatic N) is 2. The van der Waals surface area contributed by atoms with Gasteiger partial charge in [-0.15, -0.1) is 0 Å². The molecule has 5 rings (SSSR count). The van der Waals surface area contributed by atoms with Crippen molar-refractivity contribution >= 4 is 23.2 Å². The zero-order chi connectivity index (χ0) is 34.5. The van der Waals surface area contributed by atoms with E-state index in [-0.39, 0.29) is 23.9 Å². The van der Waals surface area contributed by atoms with Gasteiger partial charge in [-0.3, -0.25) is 14.5 Å². The zero-order valence-corrected chi connectivity index (χ0v) is 27.9. The number of halogens is 3. The third-order valence-electron chi connectivity index (χ3n) is 9.02. The van der Waals surface area contributed by atoms with Gasteiger partial charge in [0.05, 0.1) is 6.54 Å². The summed E-state index contributed by atoms with van der Waals surface area (Å²) in [5.74, 6) is -3.44. The summed E-state index contributed by atoms with van der Waals surface area (Å²) in [6, 6.07) is 28.2. The van der Waals surface area contributed by atoms with Crippen LogP contribution in [0.15, 0.2) is 97.1 Å². The first-order chi connectivity index (χ1) is 22.8. The van der Waals surface area contributed by atoms with E-state index in [2.05, 4.69) is 20.4 Å². The minimum atomic E-state index is -2.94. The average molecular weight is 657 g/mol. The molecule has 6 nitrogen and oxygen atoms in total. The van der Waals surface area contributed by atoms with Gasteiger partial charge in [0, 0.05) is 55.6 Å². The van der Waals surface area contributed by atoms with Gasteiger partial charge in [0.1, 0.15) is 11.7 Å². The van der Waals surface area contributed by atoms with Gasteiger partial charge in [0.15, 0.2) is 0 Å².